The van der Waals surface area contributed by atoms with Crippen molar-refractivity contribution in [2.45, 2.75) is 38.5 Å². The SMILES string of the molecule is Cc1cccc(OCCCC(=O)Nc2ccc(-c3n[nH]c(C4CC4)n3)cc2)c1. The van der Waals surface area contributed by atoms with Crippen LogP contribution in [0.15, 0.2) is 48.5 Å². The van der Waals surface area contributed by atoms with E-state index in [9.17, 15) is 4.79 Å². The lowest BCUT2D eigenvalue weighted by atomic mass is 10.2. The van der Waals surface area contributed by atoms with Gasteiger partial charge in [0.15, 0.2) is 5.82 Å². The first-order valence-electron chi connectivity index (χ1n) is 9.69. The van der Waals surface area contributed by atoms with Crippen LogP contribution >= 0.6 is 0 Å². The summed E-state index contributed by atoms with van der Waals surface area (Å²) < 4.78 is 5.68. The first kappa shape index (κ1) is 18.2. The number of aromatic amines is 1. The smallest absolute Gasteiger partial charge is 0.224 e. The number of rotatable bonds is 8. The molecule has 144 valence electrons. The lowest BCUT2D eigenvalue weighted by Gasteiger charge is -2.08. The summed E-state index contributed by atoms with van der Waals surface area (Å²) in [4.78, 5) is 16.7. The molecule has 1 amide bonds. The first-order chi connectivity index (χ1) is 13.7. The standard InChI is InChI=1S/C22H24N4O2/c1-15-4-2-5-19(14-15)28-13-3-6-20(27)23-18-11-9-17(10-12-18)22-24-21(25-26-22)16-7-8-16/h2,4-5,9-12,14,16H,3,6-8,13H2,1H3,(H,23,27)(H,24,25,26). The van der Waals surface area contributed by atoms with Crippen molar-refractivity contribution in [1.82, 2.24) is 15.2 Å². The van der Waals surface area contributed by atoms with Gasteiger partial charge in [-0.3, -0.25) is 9.89 Å². The normalized spacial score (nSPS) is 13.3. The van der Waals surface area contributed by atoms with Gasteiger partial charge in [0.05, 0.1) is 6.61 Å². The molecule has 1 aliphatic rings. The Balaban J connectivity index is 1.22. The lowest BCUT2D eigenvalue weighted by Crippen LogP contribution is -2.12. The van der Waals surface area contributed by atoms with E-state index in [4.69, 9.17) is 4.74 Å². The minimum Gasteiger partial charge on any atom is -0.494 e. The van der Waals surface area contributed by atoms with Gasteiger partial charge in [-0.25, -0.2) is 4.98 Å². The van der Waals surface area contributed by atoms with E-state index in [0.717, 1.165) is 28.4 Å². The van der Waals surface area contributed by atoms with Crippen molar-refractivity contribution in [1.29, 1.82) is 0 Å². The second kappa shape index (κ2) is 8.25. The van der Waals surface area contributed by atoms with E-state index in [2.05, 4.69) is 20.5 Å². The molecule has 6 nitrogen and oxygen atoms in total. The number of aryl methyl sites for hydroxylation is 1. The molecule has 2 N–H and O–H groups in total. The van der Waals surface area contributed by atoms with E-state index < -0.39 is 0 Å². The number of carbonyl (C=O) groups is 1. The Kier molecular flexibility index (Phi) is 5.37. The van der Waals surface area contributed by atoms with Gasteiger partial charge in [-0.15, -0.1) is 0 Å². The van der Waals surface area contributed by atoms with Crippen LogP contribution in [0.3, 0.4) is 0 Å². The maximum atomic E-state index is 12.1. The van der Waals surface area contributed by atoms with E-state index in [1.807, 2.05) is 55.5 Å². The van der Waals surface area contributed by atoms with E-state index >= 15 is 0 Å². The summed E-state index contributed by atoms with van der Waals surface area (Å²) in [6, 6.07) is 15.5. The molecule has 4 rings (SSSR count). The zero-order valence-electron chi connectivity index (χ0n) is 15.9. The molecule has 1 heterocycles. The fourth-order valence-electron chi connectivity index (χ4n) is 3.00. The van der Waals surface area contributed by atoms with Gasteiger partial charge in [0.2, 0.25) is 5.91 Å². The van der Waals surface area contributed by atoms with Crippen LogP contribution in [0, 0.1) is 6.92 Å². The van der Waals surface area contributed by atoms with Crippen molar-refractivity contribution in [3.63, 3.8) is 0 Å². The molecule has 6 heteroatoms. The largest absolute Gasteiger partial charge is 0.494 e. The highest BCUT2D eigenvalue weighted by molar-refractivity contribution is 5.90. The summed E-state index contributed by atoms with van der Waals surface area (Å²) in [6.07, 6.45) is 3.46. The Bertz CT molecular complexity index is 945. The molecule has 28 heavy (non-hydrogen) atoms. The molecule has 3 aromatic rings. The van der Waals surface area contributed by atoms with Gasteiger partial charge < -0.3 is 10.1 Å². The van der Waals surface area contributed by atoms with Gasteiger partial charge in [-0.1, -0.05) is 12.1 Å². The number of aromatic nitrogens is 3. The molecule has 0 radical (unpaired) electrons. The Morgan fingerprint density at radius 1 is 1.21 bits per heavy atom. The van der Waals surface area contributed by atoms with E-state index in [0.29, 0.717) is 31.2 Å². The number of nitrogens with zero attached hydrogens (tertiary/aromatic N) is 2. The molecular formula is C22H24N4O2. The van der Waals surface area contributed by atoms with Crippen LogP contribution in [-0.2, 0) is 4.79 Å². The third-order valence-electron chi connectivity index (χ3n) is 4.70. The molecule has 0 bridgehead atoms. The van der Waals surface area contributed by atoms with Crippen LogP contribution in [0.5, 0.6) is 5.75 Å². The molecule has 2 aromatic carbocycles. The van der Waals surface area contributed by atoms with Crippen molar-refractivity contribution in [2.24, 2.45) is 0 Å². The number of H-pyrrole nitrogens is 1. The number of hydrogen-bond donors (Lipinski definition) is 2. The van der Waals surface area contributed by atoms with Crippen LogP contribution in [-0.4, -0.2) is 27.7 Å². The highest BCUT2D eigenvalue weighted by Gasteiger charge is 2.27. The number of ether oxygens (including phenoxy) is 1. The number of benzene rings is 2. The molecule has 0 aliphatic heterocycles. The van der Waals surface area contributed by atoms with Gasteiger partial charge in [-0.05, 0) is 68.1 Å². The van der Waals surface area contributed by atoms with Gasteiger partial charge in [0.1, 0.15) is 11.6 Å². The molecular weight excluding hydrogens is 352 g/mol. The highest BCUT2D eigenvalue weighted by atomic mass is 16.5. The minimum atomic E-state index is -0.0190. The quantitative estimate of drug-likeness (QED) is 0.569. The summed E-state index contributed by atoms with van der Waals surface area (Å²) in [6.45, 7) is 2.55. The summed E-state index contributed by atoms with van der Waals surface area (Å²) in [7, 11) is 0. The fourth-order valence-corrected chi connectivity index (χ4v) is 3.00. The van der Waals surface area contributed by atoms with Gasteiger partial charge in [-0.2, -0.15) is 5.10 Å². The molecule has 0 atom stereocenters. The monoisotopic (exact) mass is 376 g/mol. The number of nitrogens with one attached hydrogen (secondary N) is 2. The van der Waals surface area contributed by atoms with Crippen molar-refractivity contribution < 1.29 is 9.53 Å². The summed E-state index contributed by atoms with van der Waals surface area (Å²) in [5.74, 6) is 3.05. The minimum absolute atomic E-state index is 0.0190. The van der Waals surface area contributed by atoms with Gasteiger partial charge >= 0.3 is 0 Å². The molecule has 1 aliphatic carbocycles. The predicted molar refractivity (Wildman–Crippen MR) is 108 cm³/mol. The fraction of sp³-hybridized carbons (Fsp3) is 0.318. The topological polar surface area (TPSA) is 79.9 Å². The molecule has 1 fully saturated rings. The van der Waals surface area contributed by atoms with E-state index in [1.165, 1.54) is 12.8 Å². The Labute approximate surface area is 164 Å². The number of amides is 1. The maximum Gasteiger partial charge on any atom is 0.224 e. The average molecular weight is 376 g/mol. The average Bonchev–Trinajstić information content (AvgIpc) is 3.43. The second-order valence-corrected chi connectivity index (χ2v) is 7.21. The van der Waals surface area contributed by atoms with Crippen LogP contribution in [0.1, 0.15) is 43.0 Å². The van der Waals surface area contributed by atoms with Crippen LogP contribution in [0.25, 0.3) is 11.4 Å². The van der Waals surface area contributed by atoms with E-state index in [-0.39, 0.29) is 5.91 Å². The maximum absolute atomic E-state index is 12.1. The van der Waals surface area contributed by atoms with Crippen molar-refractivity contribution in [3.8, 4) is 17.1 Å². The zero-order chi connectivity index (χ0) is 19.3. The lowest BCUT2D eigenvalue weighted by molar-refractivity contribution is -0.116. The zero-order valence-corrected chi connectivity index (χ0v) is 15.9. The van der Waals surface area contributed by atoms with Crippen LogP contribution in [0.2, 0.25) is 0 Å². The van der Waals surface area contributed by atoms with Crippen molar-refractivity contribution >= 4 is 11.6 Å². The molecule has 1 aromatic heterocycles. The third-order valence-corrected chi connectivity index (χ3v) is 4.70. The first-order valence-corrected chi connectivity index (χ1v) is 9.69. The predicted octanol–water partition coefficient (Wildman–Crippen LogP) is 4.46. The second-order valence-electron chi connectivity index (χ2n) is 7.21. The number of carbonyl (C=O) groups excluding carboxylic acids is 1. The highest BCUT2D eigenvalue weighted by Crippen LogP contribution is 2.38. The summed E-state index contributed by atoms with van der Waals surface area (Å²) in [5.41, 5.74) is 2.87. The molecule has 0 saturated heterocycles. The van der Waals surface area contributed by atoms with E-state index in [1.54, 1.807) is 0 Å². The van der Waals surface area contributed by atoms with Crippen LogP contribution < -0.4 is 10.1 Å². The van der Waals surface area contributed by atoms with Crippen molar-refractivity contribution in [3.05, 3.63) is 59.9 Å². The summed E-state index contributed by atoms with van der Waals surface area (Å²) >= 11 is 0. The molecule has 0 unspecified atom stereocenters. The van der Waals surface area contributed by atoms with Gasteiger partial charge in [0.25, 0.3) is 0 Å². The van der Waals surface area contributed by atoms with Crippen molar-refractivity contribution in [2.75, 3.05) is 11.9 Å². The Morgan fingerprint density at radius 2 is 2.04 bits per heavy atom. The Hall–Kier alpha value is -3.15. The van der Waals surface area contributed by atoms with Gasteiger partial charge in [0, 0.05) is 23.6 Å². The molecule has 0 spiro atoms. The molecule has 1 saturated carbocycles. The number of hydrogen-bond acceptors (Lipinski definition) is 4. The van der Waals surface area contributed by atoms with Crippen LogP contribution in [0.4, 0.5) is 5.69 Å². The third kappa shape index (κ3) is 4.76. The number of anilines is 1. The Morgan fingerprint density at radius 3 is 2.79 bits per heavy atom. The summed E-state index contributed by atoms with van der Waals surface area (Å²) in [5, 5.41) is 10.2.